The van der Waals surface area contributed by atoms with Crippen LogP contribution in [0.5, 0.6) is 5.88 Å². The van der Waals surface area contributed by atoms with Crippen LogP contribution < -0.4 is 27.6 Å². The largest absolute Gasteiger partial charge is 0.493 e. The number of nitrogens with two attached hydrogens (primary N) is 1. The fraction of sp³-hybridized carbons (Fsp3) is 0.500. The van der Waals surface area contributed by atoms with Gasteiger partial charge in [-0.15, -0.1) is 0 Å². The van der Waals surface area contributed by atoms with E-state index in [4.69, 9.17) is 5.73 Å². The molecule has 0 spiro atoms. The monoisotopic (exact) mass is 397 g/mol. The van der Waals surface area contributed by atoms with Gasteiger partial charge in [-0.2, -0.15) is 19.6 Å². The summed E-state index contributed by atoms with van der Waals surface area (Å²) in [6.45, 7) is 0. The number of imidazole rings is 1. The molecule has 0 aromatic carbocycles. The Bertz CT molecular complexity index is 1220. The molecule has 2 aliphatic rings. The van der Waals surface area contributed by atoms with Gasteiger partial charge in [-0.3, -0.25) is 4.98 Å². The van der Waals surface area contributed by atoms with E-state index in [1.165, 1.54) is 0 Å². The minimum absolute atomic E-state index is 0.0604. The number of aromatic hydroxyl groups is 1. The van der Waals surface area contributed by atoms with Crippen LogP contribution in [0.25, 0.3) is 11.7 Å². The molecule has 6 N–H and O–H groups in total. The van der Waals surface area contributed by atoms with Crippen LogP contribution in [0.1, 0.15) is 44.2 Å². The second-order valence-electron chi connectivity index (χ2n) is 7.73. The van der Waals surface area contributed by atoms with E-state index in [-0.39, 0.29) is 29.7 Å². The van der Waals surface area contributed by atoms with Crippen LogP contribution in [0.4, 0.5) is 5.95 Å². The molecule has 0 saturated heterocycles. The van der Waals surface area contributed by atoms with Gasteiger partial charge in [0, 0.05) is 17.3 Å². The topological polar surface area (TPSA) is 162 Å². The predicted octanol–water partition coefficient (Wildman–Crippen LogP) is -0.861. The summed E-state index contributed by atoms with van der Waals surface area (Å²) in [6.07, 6.45) is 9.52. The lowest BCUT2D eigenvalue weighted by Gasteiger charge is -2.29. The van der Waals surface area contributed by atoms with Crippen molar-refractivity contribution in [3.8, 4) is 5.88 Å². The third-order valence-electron chi connectivity index (χ3n) is 5.39. The van der Waals surface area contributed by atoms with E-state index in [0.717, 1.165) is 38.5 Å². The molecule has 3 aromatic rings. The third kappa shape index (κ3) is 3.60. The van der Waals surface area contributed by atoms with Crippen molar-refractivity contribution < 1.29 is 5.11 Å². The molecule has 2 aliphatic carbocycles. The summed E-state index contributed by atoms with van der Waals surface area (Å²) in [7, 11) is 0. The zero-order valence-electron chi connectivity index (χ0n) is 15.8. The molecule has 152 valence electrons. The Labute approximate surface area is 164 Å². The van der Waals surface area contributed by atoms with Gasteiger partial charge in [-0.25, -0.2) is 9.79 Å². The lowest BCUT2D eigenvalue weighted by atomic mass is 9.91. The number of nitrogens with zero attached hydrogens (tertiary/aromatic N) is 5. The van der Waals surface area contributed by atoms with E-state index in [2.05, 4.69) is 35.3 Å². The van der Waals surface area contributed by atoms with Gasteiger partial charge in [0.1, 0.15) is 5.69 Å². The molecular weight excluding hydrogens is 374 g/mol. The maximum Gasteiger partial charge on any atom is 0.326 e. The van der Waals surface area contributed by atoms with Gasteiger partial charge in [0.05, 0.1) is 12.2 Å². The summed E-state index contributed by atoms with van der Waals surface area (Å²) in [5, 5.41) is 18.2. The lowest BCUT2D eigenvalue weighted by molar-refractivity contribution is 0.402. The van der Waals surface area contributed by atoms with Crippen LogP contribution in [0.3, 0.4) is 0 Å². The second-order valence-corrected chi connectivity index (χ2v) is 7.73. The van der Waals surface area contributed by atoms with Crippen molar-refractivity contribution in [3.63, 3.8) is 0 Å². The van der Waals surface area contributed by atoms with Crippen molar-refractivity contribution in [1.82, 2.24) is 29.5 Å². The van der Waals surface area contributed by atoms with Crippen LogP contribution in [-0.4, -0.2) is 52.8 Å². The molecule has 0 radical (unpaired) electrons. The fourth-order valence-corrected chi connectivity index (χ4v) is 3.65. The average molecular weight is 397 g/mol. The van der Waals surface area contributed by atoms with Gasteiger partial charge in [-0.05, 0) is 31.8 Å². The van der Waals surface area contributed by atoms with Crippen molar-refractivity contribution in [3.05, 3.63) is 33.2 Å². The summed E-state index contributed by atoms with van der Waals surface area (Å²) in [5.41, 5.74) is 7.06. The van der Waals surface area contributed by atoms with Crippen molar-refractivity contribution >= 4 is 17.7 Å². The summed E-state index contributed by atoms with van der Waals surface area (Å²) >= 11 is 0. The molecular formula is C18H23N9O2. The first kappa shape index (κ1) is 17.9. The standard InChI is InChI=1S/C18H23N9O2/c19-11-3-1-2-4-12(11)22-16-24-14-9(7-13-15(28)25-18(29)23-13)8-20-27(14)17(26-16)21-10-5-6-10/h7-8,10-12,28H,1-6,19H2,(H,21,22,26)(H2,23,25,29)/b9-7-. The zero-order valence-corrected chi connectivity index (χ0v) is 15.8. The molecule has 3 heterocycles. The Balaban J connectivity index is 1.63. The van der Waals surface area contributed by atoms with Crippen molar-refractivity contribution in [1.29, 1.82) is 0 Å². The quantitative estimate of drug-likeness (QED) is 0.382. The summed E-state index contributed by atoms with van der Waals surface area (Å²) in [6, 6.07) is 0.435. The predicted molar refractivity (Wildman–Crippen MR) is 105 cm³/mol. The molecule has 2 unspecified atom stereocenters. The molecule has 2 fully saturated rings. The molecule has 0 bridgehead atoms. The highest BCUT2D eigenvalue weighted by Gasteiger charge is 2.24. The maximum atomic E-state index is 11.4. The zero-order chi connectivity index (χ0) is 20.0. The first-order valence-corrected chi connectivity index (χ1v) is 9.91. The third-order valence-corrected chi connectivity index (χ3v) is 5.39. The Morgan fingerprint density at radius 3 is 2.79 bits per heavy atom. The first-order valence-electron chi connectivity index (χ1n) is 9.91. The molecule has 29 heavy (non-hydrogen) atoms. The van der Waals surface area contributed by atoms with E-state index in [1.54, 1.807) is 16.8 Å². The number of fused-ring (bicyclic) bond motifs is 1. The summed E-state index contributed by atoms with van der Waals surface area (Å²) in [5.74, 6) is 0.221. The van der Waals surface area contributed by atoms with E-state index in [0.29, 0.717) is 22.4 Å². The molecule has 0 amide bonds. The molecule has 11 nitrogen and oxygen atoms in total. The van der Waals surface area contributed by atoms with Crippen molar-refractivity contribution in [2.45, 2.75) is 56.7 Å². The highest BCUT2D eigenvalue weighted by molar-refractivity contribution is 5.57. The Morgan fingerprint density at radius 2 is 2.07 bits per heavy atom. The van der Waals surface area contributed by atoms with Crippen LogP contribution in [0.2, 0.25) is 0 Å². The van der Waals surface area contributed by atoms with Crippen LogP contribution >= 0.6 is 0 Å². The number of aromatic amines is 2. The van der Waals surface area contributed by atoms with Crippen LogP contribution in [0.15, 0.2) is 16.0 Å². The minimum Gasteiger partial charge on any atom is -0.493 e. The van der Waals surface area contributed by atoms with Crippen LogP contribution in [0, 0.1) is 0 Å². The average Bonchev–Trinajstić information content (AvgIpc) is 3.33. The van der Waals surface area contributed by atoms with E-state index >= 15 is 0 Å². The number of rotatable bonds is 4. The fourth-order valence-electron chi connectivity index (χ4n) is 3.65. The van der Waals surface area contributed by atoms with E-state index < -0.39 is 5.69 Å². The lowest BCUT2D eigenvalue weighted by Crippen LogP contribution is -2.43. The highest BCUT2D eigenvalue weighted by Crippen LogP contribution is 2.22. The Kier molecular flexibility index (Phi) is 4.31. The van der Waals surface area contributed by atoms with Gasteiger partial charge in [0.25, 0.3) is 5.62 Å². The Hall–Kier alpha value is -3.21. The van der Waals surface area contributed by atoms with Gasteiger partial charge in [-0.1, -0.05) is 12.8 Å². The molecule has 0 aliphatic heterocycles. The smallest absolute Gasteiger partial charge is 0.326 e. The normalized spacial score (nSPS) is 23.8. The van der Waals surface area contributed by atoms with Crippen LogP contribution in [-0.2, 0) is 0 Å². The first-order chi connectivity index (χ1) is 14.1. The Morgan fingerprint density at radius 1 is 1.24 bits per heavy atom. The van der Waals surface area contributed by atoms with Gasteiger partial charge >= 0.3 is 5.69 Å². The molecule has 11 heteroatoms. The number of hydrogen-bond donors (Lipinski definition) is 5. The van der Waals surface area contributed by atoms with Gasteiger partial charge < -0.3 is 21.1 Å². The van der Waals surface area contributed by atoms with E-state index in [1.807, 2.05) is 0 Å². The second kappa shape index (κ2) is 6.99. The molecule has 3 aromatic heterocycles. The maximum absolute atomic E-state index is 11.4. The number of nitrogens with one attached hydrogen (secondary N) is 3. The molecule has 2 atom stereocenters. The SMILES string of the molecule is NC1CCCCC1Nc1nc(=NC2CC2)n2nc/c(=C/c3[nH]c(=O)[nH]c3O)c2n1. The molecule has 5 rings (SSSR count). The number of anilines is 1. The number of hydrogen-bond acceptors (Lipinski definition) is 8. The van der Waals surface area contributed by atoms with Crippen molar-refractivity contribution in [2.24, 2.45) is 10.7 Å². The number of aromatic nitrogens is 6. The highest BCUT2D eigenvalue weighted by atomic mass is 16.3. The van der Waals surface area contributed by atoms with Gasteiger partial charge in [0.15, 0.2) is 5.65 Å². The molecule has 2 saturated carbocycles. The summed E-state index contributed by atoms with van der Waals surface area (Å²) < 4.78 is 1.58. The minimum atomic E-state index is -0.488. The van der Waals surface area contributed by atoms with Crippen molar-refractivity contribution in [2.75, 3.05) is 5.32 Å². The number of H-pyrrole nitrogens is 2. The summed E-state index contributed by atoms with van der Waals surface area (Å²) in [4.78, 5) is 30.1. The van der Waals surface area contributed by atoms with Gasteiger partial charge in [0.2, 0.25) is 11.8 Å². The van der Waals surface area contributed by atoms with E-state index in [9.17, 15) is 9.90 Å².